The van der Waals surface area contributed by atoms with Crippen LogP contribution in [0.3, 0.4) is 0 Å². The minimum absolute atomic E-state index is 0.164. The maximum Gasteiger partial charge on any atom is 0.305 e. The predicted octanol–water partition coefficient (Wildman–Crippen LogP) is 3.02. The molecule has 0 aliphatic rings. The van der Waals surface area contributed by atoms with E-state index in [9.17, 15) is 4.79 Å². The number of aryl methyl sites for hydroxylation is 1. The summed E-state index contributed by atoms with van der Waals surface area (Å²) in [5.41, 5.74) is 0.798. The summed E-state index contributed by atoms with van der Waals surface area (Å²) < 4.78 is 15.4. The molecule has 0 bridgehead atoms. The van der Waals surface area contributed by atoms with Gasteiger partial charge in [0.2, 0.25) is 11.7 Å². The number of hydrogen-bond donors (Lipinski definition) is 0. The van der Waals surface area contributed by atoms with E-state index >= 15 is 0 Å². The molecule has 0 amide bonds. The van der Waals surface area contributed by atoms with Crippen LogP contribution in [0, 0.1) is 0 Å². The van der Waals surface area contributed by atoms with Gasteiger partial charge in [0.15, 0.2) is 0 Å². The molecule has 1 aromatic heterocycles. The van der Waals surface area contributed by atoms with Crippen molar-refractivity contribution in [1.29, 1.82) is 0 Å². The zero-order chi connectivity index (χ0) is 15.8. The Labute approximate surface area is 129 Å². The zero-order valence-electron chi connectivity index (χ0n) is 12.9. The second-order valence-corrected chi connectivity index (χ2v) is 4.72. The second kappa shape index (κ2) is 8.17. The highest BCUT2D eigenvalue weighted by atomic mass is 16.5. The van der Waals surface area contributed by atoms with E-state index in [1.54, 1.807) is 14.0 Å². The molecule has 0 radical (unpaired) electrons. The van der Waals surface area contributed by atoms with E-state index in [2.05, 4.69) is 10.1 Å². The van der Waals surface area contributed by atoms with Crippen molar-refractivity contribution in [3.05, 3.63) is 30.2 Å². The van der Waals surface area contributed by atoms with Crippen LogP contribution < -0.4 is 4.74 Å². The maximum atomic E-state index is 11.2. The van der Waals surface area contributed by atoms with E-state index < -0.39 is 0 Å². The number of nitrogens with zero attached hydrogens (tertiary/aromatic N) is 2. The molecule has 0 saturated heterocycles. The van der Waals surface area contributed by atoms with Gasteiger partial charge in [0, 0.05) is 12.8 Å². The molecule has 0 aliphatic carbocycles. The molecular formula is C16H20N2O4. The summed E-state index contributed by atoms with van der Waals surface area (Å²) in [4.78, 5) is 15.6. The summed E-state index contributed by atoms with van der Waals surface area (Å²) >= 11 is 0. The first-order valence-electron chi connectivity index (χ1n) is 7.36. The van der Waals surface area contributed by atoms with Gasteiger partial charge in [-0.1, -0.05) is 17.3 Å². The fourth-order valence-electron chi connectivity index (χ4n) is 2.07. The van der Waals surface area contributed by atoms with Crippen molar-refractivity contribution in [3.63, 3.8) is 0 Å². The van der Waals surface area contributed by atoms with Gasteiger partial charge in [-0.05, 0) is 31.9 Å². The lowest BCUT2D eigenvalue weighted by Gasteiger charge is -2.03. The van der Waals surface area contributed by atoms with Crippen LogP contribution in [0.5, 0.6) is 5.75 Å². The van der Waals surface area contributed by atoms with Gasteiger partial charge in [-0.25, -0.2) is 0 Å². The van der Waals surface area contributed by atoms with Crippen molar-refractivity contribution in [3.8, 4) is 17.1 Å². The average molecular weight is 304 g/mol. The van der Waals surface area contributed by atoms with Crippen molar-refractivity contribution in [2.75, 3.05) is 13.7 Å². The van der Waals surface area contributed by atoms with E-state index in [1.807, 2.05) is 24.3 Å². The van der Waals surface area contributed by atoms with Crippen LogP contribution in [0.15, 0.2) is 28.8 Å². The molecule has 1 heterocycles. The van der Waals surface area contributed by atoms with Crippen molar-refractivity contribution in [2.45, 2.75) is 32.6 Å². The molecular weight excluding hydrogens is 284 g/mol. The predicted molar refractivity (Wildman–Crippen MR) is 80.5 cm³/mol. The molecule has 0 spiro atoms. The molecule has 6 nitrogen and oxygen atoms in total. The monoisotopic (exact) mass is 304 g/mol. The topological polar surface area (TPSA) is 74.5 Å². The summed E-state index contributed by atoms with van der Waals surface area (Å²) in [6.45, 7) is 2.22. The highest BCUT2D eigenvalue weighted by molar-refractivity contribution is 5.69. The summed E-state index contributed by atoms with van der Waals surface area (Å²) in [7, 11) is 1.61. The van der Waals surface area contributed by atoms with E-state index in [-0.39, 0.29) is 5.97 Å². The molecule has 1 aromatic carbocycles. The number of rotatable bonds is 8. The van der Waals surface area contributed by atoms with Crippen molar-refractivity contribution in [1.82, 2.24) is 10.1 Å². The first-order chi connectivity index (χ1) is 10.7. The Balaban J connectivity index is 1.88. The minimum Gasteiger partial charge on any atom is -0.496 e. The van der Waals surface area contributed by atoms with Crippen LogP contribution in [0.1, 0.15) is 32.1 Å². The fourth-order valence-corrected chi connectivity index (χ4v) is 2.07. The lowest BCUT2D eigenvalue weighted by Crippen LogP contribution is -2.03. The van der Waals surface area contributed by atoms with Crippen molar-refractivity contribution < 1.29 is 18.8 Å². The number of benzene rings is 1. The third-order valence-corrected chi connectivity index (χ3v) is 3.14. The Kier molecular flexibility index (Phi) is 5.94. The Morgan fingerprint density at radius 1 is 1.27 bits per heavy atom. The smallest absolute Gasteiger partial charge is 0.305 e. The van der Waals surface area contributed by atoms with Crippen LogP contribution in [0.25, 0.3) is 11.4 Å². The molecule has 2 aromatic rings. The van der Waals surface area contributed by atoms with Gasteiger partial charge in [-0.3, -0.25) is 4.79 Å². The van der Waals surface area contributed by atoms with E-state index in [0.29, 0.717) is 36.9 Å². The molecule has 0 unspecified atom stereocenters. The molecule has 0 aliphatic heterocycles. The van der Waals surface area contributed by atoms with E-state index in [0.717, 1.165) is 18.4 Å². The quantitative estimate of drug-likeness (QED) is 0.551. The normalized spacial score (nSPS) is 10.5. The molecule has 0 saturated carbocycles. The Morgan fingerprint density at radius 2 is 2.09 bits per heavy atom. The lowest BCUT2D eigenvalue weighted by molar-refractivity contribution is -0.143. The molecule has 0 N–H and O–H groups in total. The summed E-state index contributed by atoms with van der Waals surface area (Å²) in [5, 5.41) is 3.98. The fraction of sp³-hybridized carbons (Fsp3) is 0.438. The van der Waals surface area contributed by atoms with Crippen LogP contribution in [0.4, 0.5) is 0 Å². The Hall–Kier alpha value is -2.37. The highest BCUT2D eigenvalue weighted by Crippen LogP contribution is 2.27. The number of carbonyl (C=O) groups excluding carboxylic acids is 1. The van der Waals surface area contributed by atoms with Gasteiger partial charge in [-0.2, -0.15) is 4.98 Å². The third-order valence-electron chi connectivity index (χ3n) is 3.14. The van der Waals surface area contributed by atoms with Gasteiger partial charge in [-0.15, -0.1) is 0 Å². The standard InChI is InChI=1S/C16H20N2O4/c1-3-21-15(19)11-7-6-10-14-17-16(18-22-14)12-8-4-5-9-13(12)20-2/h4-5,8-9H,3,6-7,10-11H2,1-2H3. The number of methoxy groups -OCH3 is 1. The van der Waals surface area contributed by atoms with Crippen LogP contribution in [-0.2, 0) is 16.0 Å². The number of esters is 1. The van der Waals surface area contributed by atoms with E-state index in [1.165, 1.54) is 0 Å². The number of ether oxygens (including phenoxy) is 2. The molecule has 6 heteroatoms. The van der Waals surface area contributed by atoms with Crippen LogP contribution in [0.2, 0.25) is 0 Å². The van der Waals surface area contributed by atoms with E-state index in [4.69, 9.17) is 14.0 Å². The van der Waals surface area contributed by atoms with Crippen LogP contribution in [-0.4, -0.2) is 29.8 Å². The second-order valence-electron chi connectivity index (χ2n) is 4.72. The van der Waals surface area contributed by atoms with Crippen molar-refractivity contribution >= 4 is 5.97 Å². The van der Waals surface area contributed by atoms with Gasteiger partial charge >= 0.3 is 5.97 Å². The van der Waals surface area contributed by atoms with Gasteiger partial charge in [0.25, 0.3) is 0 Å². The third kappa shape index (κ3) is 4.31. The van der Waals surface area contributed by atoms with Crippen LogP contribution >= 0.6 is 0 Å². The van der Waals surface area contributed by atoms with Gasteiger partial charge < -0.3 is 14.0 Å². The number of para-hydroxylation sites is 1. The minimum atomic E-state index is -0.164. The number of carbonyl (C=O) groups is 1. The highest BCUT2D eigenvalue weighted by Gasteiger charge is 2.12. The first-order valence-corrected chi connectivity index (χ1v) is 7.36. The molecule has 0 fully saturated rings. The summed E-state index contributed by atoms with van der Waals surface area (Å²) in [6.07, 6.45) is 2.60. The molecule has 118 valence electrons. The Morgan fingerprint density at radius 3 is 2.86 bits per heavy atom. The number of hydrogen-bond acceptors (Lipinski definition) is 6. The SMILES string of the molecule is CCOC(=O)CCCCc1nc(-c2ccccc2OC)no1. The molecule has 2 rings (SSSR count). The lowest BCUT2D eigenvalue weighted by atomic mass is 10.2. The molecule has 22 heavy (non-hydrogen) atoms. The largest absolute Gasteiger partial charge is 0.496 e. The maximum absolute atomic E-state index is 11.2. The zero-order valence-corrected chi connectivity index (χ0v) is 12.9. The Bertz CT molecular complexity index is 610. The number of aromatic nitrogens is 2. The van der Waals surface area contributed by atoms with Gasteiger partial charge in [0.05, 0.1) is 19.3 Å². The van der Waals surface area contributed by atoms with Gasteiger partial charge in [0.1, 0.15) is 5.75 Å². The average Bonchev–Trinajstić information content (AvgIpc) is 3.00. The summed E-state index contributed by atoms with van der Waals surface area (Å²) in [6, 6.07) is 7.52. The van der Waals surface area contributed by atoms with Crippen molar-refractivity contribution in [2.24, 2.45) is 0 Å². The molecule has 0 atom stereocenters. The summed E-state index contributed by atoms with van der Waals surface area (Å²) in [5.74, 6) is 1.61. The number of unbranched alkanes of at least 4 members (excludes halogenated alkanes) is 1. The first kappa shape index (κ1) is 16.0.